The van der Waals surface area contributed by atoms with E-state index < -0.39 is 0 Å². The van der Waals surface area contributed by atoms with Crippen molar-refractivity contribution in [2.24, 2.45) is 5.92 Å². The molecule has 17 heavy (non-hydrogen) atoms. The summed E-state index contributed by atoms with van der Waals surface area (Å²) < 4.78 is 0. The Morgan fingerprint density at radius 2 is 2.47 bits per heavy atom. The van der Waals surface area contributed by atoms with Crippen molar-refractivity contribution in [3.8, 4) is 0 Å². The van der Waals surface area contributed by atoms with E-state index in [1.165, 1.54) is 11.3 Å². The van der Waals surface area contributed by atoms with Gasteiger partial charge in [0.2, 0.25) is 0 Å². The number of hydrogen-bond acceptors (Lipinski definition) is 4. The summed E-state index contributed by atoms with van der Waals surface area (Å²) >= 11 is 1.25. The van der Waals surface area contributed by atoms with Crippen LogP contribution in [0.5, 0.6) is 0 Å². The Balaban J connectivity index is 1.89. The number of thiazole rings is 1. The van der Waals surface area contributed by atoms with Crippen LogP contribution in [0.4, 0.5) is 5.13 Å². The van der Waals surface area contributed by atoms with Gasteiger partial charge in [-0.15, -0.1) is 0 Å². The number of nitrogens with one attached hydrogen (secondary N) is 1. The molecule has 3 N–H and O–H groups in total. The number of aryl methyl sites for hydroxylation is 1. The van der Waals surface area contributed by atoms with E-state index in [0.717, 1.165) is 25.8 Å². The highest BCUT2D eigenvalue weighted by Gasteiger charge is 2.16. The molecule has 1 unspecified atom stereocenters. The summed E-state index contributed by atoms with van der Waals surface area (Å²) in [5.41, 5.74) is 6.29. The van der Waals surface area contributed by atoms with Gasteiger partial charge in [0.25, 0.3) is 5.91 Å². The van der Waals surface area contributed by atoms with Gasteiger partial charge in [0.05, 0.1) is 5.69 Å². The van der Waals surface area contributed by atoms with Crippen LogP contribution in [-0.4, -0.2) is 17.4 Å². The number of amides is 1. The maximum atomic E-state index is 11.9. The molecule has 1 aromatic rings. The Morgan fingerprint density at radius 1 is 1.65 bits per heavy atom. The minimum absolute atomic E-state index is 0.0498. The van der Waals surface area contributed by atoms with Crippen LogP contribution in [0.2, 0.25) is 0 Å². The van der Waals surface area contributed by atoms with E-state index in [2.05, 4.69) is 22.5 Å². The topological polar surface area (TPSA) is 68.0 Å². The fourth-order valence-electron chi connectivity index (χ4n) is 1.99. The molecule has 4 nitrogen and oxygen atoms in total. The van der Waals surface area contributed by atoms with E-state index in [0.29, 0.717) is 21.6 Å². The summed E-state index contributed by atoms with van der Waals surface area (Å²) in [5.74, 6) is 0.515. The van der Waals surface area contributed by atoms with Crippen LogP contribution in [0.3, 0.4) is 0 Å². The van der Waals surface area contributed by atoms with Crippen LogP contribution in [-0.2, 0) is 0 Å². The number of allylic oxidation sites excluding steroid dienone is 2. The molecule has 1 aliphatic carbocycles. The molecule has 0 radical (unpaired) electrons. The van der Waals surface area contributed by atoms with Gasteiger partial charge >= 0.3 is 0 Å². The molecule has 0 saturated carbocycles. The molecule has 0 aliphatic heterocycles. The minimum atomic E-state index is -0.0498. The fraction of sp³-hybridized carbons (Fsp3) is 0.500. The van der Waals surface area contributed by atoms with Gasteiger partial charge < -0.3 is 11.1 Å². The van der Waals surface area contributed by atoms with E-state index in [1.54, 1.807) is 0 Å². The summed E-state index contributed by atoms with van der Waals surface area (Å²) in [7, 11) is 0. The summed E-state index contributed by atoms with van der Waals surface area (Å²) in [6, 6.07) is 0. The molecule has 2 rings (SSSR count). The molecule has 1 amide bonds. The highest BCUT2D eigenvalue weighted by Crippen LogP contribution is 2.20. The SMILES string of the molecule is Cc1nc(N)sc1C(=O)NCC1CC=CCC1. The maximum Gasteiger partial charge on any atom is 0.263 e. The first-order chi connectivity index (χ1) is 8.16. The van der Waals surface area contributed by atoms with Crippen molar-refractivity contribution in [2.75, 3.05) is 12.3 Å². The lowest BCUT2D eigenvalue weighted by atomic mass is 9.94. The number of aromatic nitrogens is 1. The van der Waals surface area contributed by atoms with Gasteiger partial charge in [-0.05, 0) is 32.1 Å². The second-order valence-electron chi connectivity index (χ2n) is 4.33. The predicted molar refractivity (Wildman–Crippen MR) is 70.1 cm³/mol. The van der Waals surface area contributed by atoms with Crippen LogP contribution < -0.4 is 11.1 Å². The third-order valence-corrected chi connectivity index (χ3v) is 3.93. The molecular weight excluding hydrogens is 234 g/mol. The molecule has 1 atom stereocenters. The molecule has 0 spiro atoms. The molecular formula is C12H17N3OS. The van der Waals surface area contributed by atoms with Crippen molar-refractivity contribution in [3.05, 3.63) is 22.7 Å². The number of nitrogens with zero attached hydrogens (tertiary/aromatic N) is 1. The second kappa shape index (κ2) is 5.31. The first-order valence-corrected chi connectivity index (χ1v) is 6.64. The van der Waals surface area contributed by atoms with Gasteiger partial charge in [-0.25, -0.2) is 4.98 Å². The summed E-state index contributed by atoms with van der Waals surface area (Å²) in [5, 5.41) is 3.42. The number of nitrogens with two attached hydrogens (primary N) is 1. The monoisotopic (exact) mass is 251 g/mol. The van der Waals surface area contributed by atoms with Gasteiger partial charge in [0, 0.05) is 6.54 Å². The molecule has 1 aliphatic rings. The Kier molecular flexibility index (Phi) is 3.78. The van der Waals surface area contributed by atoms with Gasteiger partial charge in [0.1, 0.15) is 4.88 Å². The molecule has 1 aromatic heterocycles. The number of hydrogen-bond donors (Lipinski definition) is 2. The molecule has 1 heterocycles. The maximum absolute atomic E-state index is 11.9. The summed E-state index contributed by atoms with van der Waals surface area (Å²) in [6.45, 7) is 2.55. The molecule has 5 heteroatoms. The lowest BCUT2D eigenvalue weighted by Gasteiger charge is -2.17. The van der Waals surface area contributed by atoms with E-state index in [9.17, 15) is 4.79 Å². The van der Waals surface area contributed by atoms with Crippen molar-refractivity contribution >= 4 is 22.4 Å². The van der Waals surface area contributed by atoms with Crippen LogP contribution in [0.25, 0.3) is 0 Å². The third kappa shape index (κ3) is 3.06. The summed E-state index contributed by atoms with van der Waals surface area (Å²) in [4.78, 5) is 16.6. The number of anilines is 1. The van der Waals surface area contributed by atoms with Crippen molar-refractivity contribution in [1.29, 1.82) is 0 Å². The molecule has 92 valence electrons. The normalized spacial score (nSPS) is 19.2. The van der Waals surface area contributed by atoms with Gasteiger partial charge in [-0.2, -0.15) is 0 Å². The Bertz CT molecular complexity index is 439. The zero-order valence-electron chi connectivity index (χ0n) is 9.90. The lowest BCUT2D eigenvalue weighted by Crippen LogP contribution is -2.29. The van der Waals surface area contributed by atoms with E-state index in [1.807, 2.05) is 6.92 Å². The van der Waals surface area contributed by atoms with E-state index in [-0.39, 0.29) is 5.91 Å². The predicted octanol–water partition coefficient (Wildman–Crippen LogP) is 2.12. The largest absolute Gasteiger partial charge is 0.375 e. The lowest BCUT2D eigenvalue weighted by molar-refractivity contribution is 0.0949. The fourth-order valence-corrected chi connectivity index (χ4v) is 2.74. The molecule has 0 aromatic carbocycles. The Hall–Kier alpha value is -1.36. The number of nitrogen functional groups attached to an aromatic ring is 1. The van der Waals surface area contributed by atoms with E-state index in [4.69, 9.17) is 5.73 Å². The van der Waals surface area contributed by atoms with Gasteiger partial charge in [0.15, 0.2) is 5.13 Å². The van der Waals surface area contributed by atoms with Crippen LogP contribution in [0.1, 0.15) is 34.6 Å². The quantitative estimate of drug-likeness (QED) is 0.809. The molecule has 0 saturated heterocycles. The highest BCUT2D eigenvalue weighted by atomic mass is 32.1. The van der Waals surface area contributed by atoms with Crippen molar-refractivity contribution in [1.82, 2.24) is 10.3 Å². The Labute approximate surface area is 105 Å². The Morgan fingerprint density at radius 3 is 3.06 bits per heavy atom. The van der Waals surface area contributed by atoms with E-state index >= 15 is 0 Å². The second-order valence-corrected chi connectivity index (χ2v) is 5.36. The van der Waals surface area contributed by atoms with Gasteiger partial charge in [-0.3, -0.25) is 4.79 Å². The van der Waals surface area contributed by atoms with Crippen LogP contribution in [0.15, 0.2) is 12.2 Å². The van der Waals surface area contributed by atoms with Crippen LogP contribution in [0, 0.1) is 12.8 Å². The zero-order chi connectivity index (χ0) is 12.3. The number of rotatable bonds is 3. The standard InChI is InChI=1S/C12H17N3OS/c1-8-10(17-12(13)15-8)11(16)14-7-9-5-3-2-4-6-9/h2-3,9H,4-7H2,1H3,(H2,13,15)(H,14,16). The minimum Gasteiger partial charge on any atom is -0.375 e. The number of carbonyl (C=O) groups is 1. The van der Waals surface area contributed by atoms with Crippen molar-refractivity contribution in [3.63, 3.8) is 0 Å². The molecule has 0 fully saturated rings. The van der Waals surface area contributed by atoms with Crippen molar-refractivity contribution in [2.45, 2.75) is 26.2 Å². The number of carbonyl (C=O) groups excluding carboxylic acids is 1. The van der Waals surface area contributed by atoms with Crippen LogP contribution >= 0.6 is 11.3 Å². The zero-order valence-corrected chi connectivity index (χ0v) is 10.7. The average Bonchev–Trinajstić information content (AvgIpc) is 2.67. The summed E-state index contributed by atoms with van der Waals surface area (Å²) in [6.07, 6.45) is 7.72. The molecule has 0 bridgehead atoms. The average molecular weight is 251 g/mol. The third-order valence-electron chi connectivity index (χ3n) is 2.95. The van der Waals surface area contributed by atoms with Gasteiger partial charge in [-0.1, -0.05) is 23.5 Å². The van der Waals surface area contributed by atoms with Crippen molar-refractivity contribution < 1.29 is 4.79 Å². The highest BCUT2D eigenvalue weighted by molar-refractivity contribution is 7.17. The smallest absolute Gasteiger partial charge is 0.263 e. The first-order valence-electron chi connectivity index (χ1n) is 5.83. The first kappa shape index (κ1) is 12.1.